The van der Waals surface area contributed by atoms with Crippen molar-refractivity contribution in [1.29, 1.82) is 0 Å². The second-order valence-electron chi connectivity index (χ2n) is 4.39. The zero-order valence-corrected chi connectivity index (χ0v) is 9.86. The molecule has 0 bridgehead atoms. The summed E-state index contributed by atoms with van der Waals surface area (Å²) < 4.78 is 18.2. The predicted molar refractivity (Wildman–Crippen MR) is 62.3 cm³/mol. The number of hydrogen-bond acceptors (Lipinski definition) is 3. The molecular weight excluding hydrogens is 221 g/mol. The van der Waals surface area contributed by atoms with E-state index in [2.05, 4.69) is 4.90 Å². The van der Waals surface area contributed by atoms with E-state index in [-0.39, 0.29) is 17.7 Å². The van der Waals surface area contributed by atoms with E-state index in [1.165, 1.54) is 12.1 Å². The van der Waals surface area contributed by atoms with Crippen molar-refractivity contribution in [3.05, 3.63) is 35.6 Å². The summed E-state index contributed by atoms with van der Waals surface area (Å²) in [4.78, 5) is 14.0. The summed E-state index contributed by atoms with van der Waals surface area (Å²) in [7, 11) is 1.97. The second kappa shape index (κ2) is 5.38. The molecule has 1 unspecified atom stereocenters. The van der Waals surface area contributed by atoms with Crippen molar-refractivity contribution in [3.63, 3.8) is 0 Å². The van der Waals surface area contributed by atoms with E-state index in [4.69, 9.17) is 4.74 Å². The molecule has 0 amide bonds. The maximum absolute atomic E-state index is 12.7. The number of likely N-dealkylation sites (N-methyl/N-ethyl adjacent to an activating group) is 1. The molecule has 1 fully saturated rings. The number of carbonyl (C=O) groups is 1. The molecule has 1 aromatic carbocycles. The van der Waals surface area contributed by atoms with Crippen LogP contribution >= 0.6 is 0 Å². The Morgan fingerprint density at radius 3 is 2.82 bits per heavy atom. The third-order valence-corrected chi connectivity index (χ3v) is 2.92. The average Bonchev–Trinajstić information content (AvgIpc) is 2.32. The molecule has 1 aliphatic heterocycles. The molecule has 1 aliphatic rings. The van der Waals surface area contributed by atoms with Gasteiger partial charge < -0.3 is 9.64 Å². The van der Waals surface area contributed by atoms with Gasteiger partial charge in [0.2, 0.25) is 0 Å². The fourth-order valence-corrected chi connectivity index (χ4v) is 1.89. The number of ether oxygens (including phenoxy) is 1. The van der Waals surface area contributed by atoms with Crippen molar-refractivity contribution in [1.82, 2.24) is 4.90 Å². The Hall–Kier alpha value is -1.26. The van der Waals surface area contributed by atoms with Gasteiger partial charge in [0, 0.05) is 19.5 Å². The van der Waals surface area contributed by atoms with Gasteiger partial charge in [-0.15, -0.1) is 0 Å². The Balaban J connectivity index is 1.94. The highest BCUT2D eigenvalue weighted by molar-refractivity contribution is 5.85. The van der Waals surface area contributed by atoms with Crippen molar-refractivity contribution < 1.29 is 13.9 Å². The topological polar surface area (TPSA) is 29.5 Å². The third-order valence-electron chi connectivity index (χ3n) is 2.92. The molecule has 4 heteroatoms. The van der Waals surface area contributed by atoms with Crippen LogP contribution in [0, 0.1) is 5.82 Å². The van der Waals surface area contributed by atoms with E-state index in [0.717, 1.165) is 12.1 Å². The number of ketones is 1. The molecule has 1 saturated heterocycles. The van der Waals surface area contributed by atoms with Crippen LogP contribution in [0.1, 0.15) is 5.56 Å². The molecule has 2 rings (SSSR count). The molecule has 1 atom stereocenters. The number of morpholine rings is 1. The summed E-state index contributed by atoms with van der Waals surface area (Å²) in [5, 5.41) is 0. The number of rotatable bonds is 3. The van der Waals surface area contributed by atoms with Crippen LogP contribution in [0.5, 0.6) is 0 Å². The number of nitrogens with zero attached hydrogens (tertiary/aromatic N) is 1. The molecule has 0 spiro atoms. The number of Topliss-reactive ketones (excluding diaryl/α,β-unsaturated/α-hetero) is 1. The second-order valence-corrected chi connectivity index (χ2v) is 4.39. The number of carbonyl (C=O) groups excluding carboxylic acids is 1. The molecule has 3 nitrogen and oxygen atoms in total. The van der Waals surface area contributed by atoms with Gasteiger partial charge in [0.15, 0.2) is 5.78 Å². The first-order valence-electron chi connectivity index (χ1n) is 5.72. The van der Waals surface area contributed by atoms with E-state index in [1.807, 2.05) is 7.05 Å². The molecule has 0 saturated carbocycles. The van der Waals surface area contributed by atoms with E-state index < -0.39 is 0 Å². The summed E-state index contributed by atoms with van der Waals surface area (Å²) in [5.74, 6) is -0.224. The van der Waals surface area contributed by atoms with Crippen LogP contribution in [-0.4, -0.2) is 43.5 Å². The standard InChI is InChI=1S/C13H16FNO2/c1-15-6-7-17-13(9-15)12(16)8-10-2-4-11(14)5-3-10/h2-5,13H,6-9H2,1H3. The van der Waals surface area contributed by atoms with Crippen molar-refractivity contribution in [2.45, 2.75) is 12.5 Å². The quantitative estimate of drug-likeness (QED) is 0.793. The van der Waals surface area contributed by atoms with Gasteiger partial charge in [-0.25, -0.2) is 4.39 Å². The zero-order chi connectivity index (χ0) is 12.3. The molecule has 1 heterocycles. The van der Waals surface area contributed by atoms with Crippen LogP contribution in [0.4, 0.5) is 4.39 Å². The lowest BCUT2D eigenvalue weighted by atomic mass is 10.0. The van der Waals surface area contributed by atoms with Gasteiger partial charge in [0.05, 0.1) is 6.61 Å². The van der Waals surface area contributed by atoms with Crippen LogP contribution in [-0.2, 0) is 16.0 Å². The SMILES string of the molecule is CN1CCOC(C(=O)Cc2ccc(F)cc2)C1. The highest BCUT2D eigenvalue weighted by Gasteiger charge is 2.24. The van der Waals surface area contributed by atoms with Gasteiger partial charge in [-0.2, -0.15) is 0 Å². The molecule has 0 radical (unpaired) electrons. The Labute approximate surface area is 100 Å². The molecule has 17 heavy (non-hydrogen) atoms. The highest BCUT2D eigenvalue weighted by Crippen LogP contribution is 2.09. The van der Waals surface area contributed by atoms with Gasteiger partial charge in [0.1, 0.15) is 11.9 Å². The van der Waals surface area contributed by atoms with Crippen molar-refractivity contribution in [2.24, 2.45) is 0 Å². The lowest BCUT2D eigenvalue weighted by Gasteiger charge is -2.29. The van der Waals surface area contributed by atoms with E-state index in [1.54, 1.807) is 12.1 Å². The lowest BCUT2D eigenvalue weighted by Crippen LogP contribution is -2.44. The first-order valence-corrected chi connectivity index (χ1v) is 5.72. The van der Waals surface area contributed by atoms with Gasteiger partial charge >= 0.3 is 0 Å². The van der Waals surface area contributed by atoms with Crippen LogP contribution in [0.25, 0.3) is 0 Å². The largest absolute Gasteiger partial charge is 0.368 e. The average molecular weight is 237 g/mol. The van der Waals surface area contributed by atoms with Crippen LogP contribution in [0.3, 0.4) is 0 Å². The smallest absolute Gasteiger partial charge is 0.167 e. The fraction of sp³-hybridized carbons (Fsp3) is 0.462. The fourth-order valence-electron chi connectivity index (χ4n) is 1.89. The minimum Gasteiger partial charge on any atom is -0.368 e. The van der Waals surface area contributed by atoms with Crippen molar-refractivity contribution in [2.75, 3.05) is 26.7 Å². The van der Waals surface area contributed by atoms with E-state index in [0.29, 0.717) is 19.6 Å². The third kappa shape index (κ3) is 3.35. The highest BCUT2D eigenvalue weighted by atomic mass is 19.1. The monoisotopic (exact) mass is 237 g/mol. The summed E-state index contributed by atoms with van der Waals surface area (Å²) in [5.41, 5.74) is 0.827. The van der Waals surface area contributed by atoms with Crippen molar-refractivity contribution >= 4 is 5.78 Å². The number of halogens is 1. The van der Waals surface area contributed by atoms with Crippen molar-refractivity contribution in [3.8, 4) is 0 Å². The summed E-state index contributed by atoms with van der Waals surface area (Å²) in [6.07, 6.45) is -0.0440. The maximum atomic E-state index is 12.7. The number of hydrogen-bond donors (Lipinski definition) is 0. The Bertz CT molecular complexity index is 391. The van der Waals surface area contributed by atoms with Crippen LogP contribution in [0.15, 0.2) is 24.3 Å². The maximum Gasteiger partial charge on any atom is 0.167 e. The minimum atomic E-state index is -0.348. The lowest BCUT2D eigenvalue weighted by molar-refractivity contribution is -0.134. The van der Waals surface area contributed by atoms with Gasteiger partial charge in [0.25, 0.3) is 0 Å². The van der Waals surface area contributed by atoms with E-state index >= 15 is 0 Å². The normalized spacial score (nSPS) is 21.4. The Kier molecular flexibility index (Phi) is 3.86. The summed E-state index contributed by atoms with van der Waals surface area (Å²) in [6.45, 7) is 2.09. The first-order chi connectivity index (χ1) is 8.15. The molecule has 1 aromatic rings. The van der Waals surface area contributed by atoms with Gasteiger partial charge in [-0.05, 0) is 24.7 Å². The van der Waals surface area contributed by atoms with Gasteiger partial charge in [-0.1, -0.05) is 12.1 Å². The van der Waals surface area contributed by atoms with Crippen LogP contribution in [0.2, 0.25) is 0 Å². The Morgan fingerprint density at radius 1 is 1.47 bits per heavy atom. The first kappa shape index (κ1) is 12.2. The van der Waals surface area contributed by atoms with Gasteiger partial charge in [-0.3, -0.25) is 4.79 Å². The minimum absolute atomic E-state index is 0.0585. The van der Waals surface area contributed by atoms with Crippen LogP contribution < -0.4 is 0 Å². The van der Waals surface area contributed by atoms with E-state index in [9.17, 15) is 9.18 Å². The summed E-state index contributed by atoms with van der Waals surface area (Å²) in [6, 6.07) is 6.02. The zero-order valence-electron chi connectivity index (χ0n) is 9.86. The molecule has 92 valence electrons. The summed E-state index contributed by atoms with van der Waals surface area (Å²) >= 11 is 0. The predicted octanol–water partition coefficient (Wildman–Crippen LogP) is 1.27. The molecule has 0 aliphatic carbocycles. The Morgan fingerprint density at radius 2 is 2.18 bits per heavy atom. The number of benzene rings is 1. The molecule has 0 N–H and O–H groups in total. The molecular formula is C13H16FNO2. The molecule has 0 aromatic heterocycles.